The van der Waals surface area contributed by atoms with Gasteiger partial charge in [-0.2, -0.15) is 0 Å². The van der Waals surface area contributed by atoms with Crippen LogP contribution in [0.1, 0.15) is 11.1 Å². The predicted octanol–water partition coefficient (Wildman–Crippen LogP) is 4.21. The first-order valence-electron chi connectivity index (χ1n) is 5.01. The zero-order valence-electron chi connectivity index (χ0n) is 8.82. The van der Waals surface area contributed by atoms with Crippen LogP contribution in [0.2, 0.25) is 0 Å². The second-order valence-corrected chi connectivity index (χ2v) is 5.55. The van der Waals surface area contributed by atoms with E-state index in [2.05, 4.69) is 31.9 Å². The summed E-state index contributed by atoms with van der Waals surface area (Å²) in [6.45, 7) is 0. The Hall–Kier alpha value is -1.00. The number of hydrogen-bond acceptors (Lipinski definition) is 2. The van der Waals surface area contributed by atoms with Crippen LogP contribution in [-0.2, 0) is 6.42 Å². The largest absolute Gasteiger partial charge is 0.508 e. The molecule has 0 spiro atoms. The number of phenols is 2. The summed E-state index contributed by atoms with van der Waals surface area (Å²) in [5, 5.41) is 19.5. The fourth-order valence-corrected chi connectivity index (χ4v) is 2.41. The smallest absolute Gasteiger partial charge is 0.119 e. The molecule has 2 aromatic carbocycles. The molecule has 0 amide bonds. The van der Waals surface area contributed by atoms with Gasteiger partial charge in [0.25, 0.3) is 0 Å². The van der Waals surface area contributed by atoms with Crippen molar-refractivity contribution in [3.63, 3.8) is 0 Å². The Morgan fingerprint density at radius 1 is 0.765 bits per heavy atom. The average molecular weight is 358 g/mol. The number of benzene rings is 2. The molecule has 0 unspecified atom stereocenters. The molecule has 0 fully saturated rings. The monoisotopic (exact) mass is 356 g/mol. The molecular formula is C13H10Br2O2. The molecule has 0 aromatic heterocycles. The molecule has 0 aliphatic rings. The highest BCUT2D eigenvalue weighted by Gasteiger charge is 2.07. The third kappa shape index (κ3) is 3.01. The van der Waals surface area contributed by atoms with Crippen LogP contribution in [0.3, 0.4) is 0 Å². The third-order valence-corrected chi connectivity index (χ3v) is 3.45. The summed E-state index contributed by atoms with van der Waals surface area (Å²) < 4.78 is 1.81. The molecule has 0 radical (unpaired) electrons. The van der Waals surface area contributed by atoms with E-state index >= 15 is 0 Å². The van der Waals surface area contributed by atoms with Crippen LogP contribution in [0.5, 0.6) is 11.5 Å². The van der Waals surface area contributed by atoms with Gasteiger partial charge in [0.15, 0.2) is 0 Å². The van der Waals surface area contributed by atoms with E-state index in [9.17, 15) is 10.2 Å². The van der Waals surface area contributed by atoms with E-state index < -0.39 is 0 Å². The second-order valence-electron chi connectivity index (χ2n) is 3.72. The van der Waals surface area contributed by atoms with Crippen LogP contribution in [0, 0.1) is 0 Å². The van der Waals surface area contributed by atoms with Crippen molar-refractivity contribution in [2.24, 2.45) is 0 Å². The van der Waals surface area contributed by atoms with Crippen molar-refractivity contribution in [3.8, 4) is 11.5 Å². The minimum atomic E-state index is 0.229. The molecule has 0 atom stereocenters. The van der Waals surface area contributed by atoms with E-state index in [-0.39, 0.29) is 11.5 Å². The molecule has 0 heterocycles. The number of phenolic OH excluding ortho intramolecular Hbond substituents is 2. The van der Waals surface area contributed by atoms with E-state index in [0.29, 0.717) is 6.42 Å². The molecule has 0 bridgehead atoms. The Labute approximate surface area is 116 Å². The van der Waals surface area contributed by atoms with Crippen LogP contribution in [-0.4, -0.2) is 10.2 Å². The zero-order chi connectivity index (χ0) is 12.4. The lowest BCUT2D eigenvalue weighted by Gasteiger charge is -2.08. The summed E-state index contributed by atoms with van der Waals surface area (Å²) >= 11 is 6.72. The van der Waals surface area contributed by atoms with E-state index in [1.807, 2.05) is 12.1 Å². The van der Waals surface area contributed by atoms with E-state index in [0.717, 1.165) is 20.1 Å². The molecule has 2 rings (SSSR count). The summed E-state index contributed by atoms with van der Waals surface area (Å²) in [7, 11) is 0. The van der Waals surface area contributed by atoms with E-state index in [1.54, 1.807) is 24.3 Å². The van der Waals surface area contributed by atoms with Crippen molar-refractivity contribution in [3.05, 3.63) is 56.5 Å². The van der Waals surface area contributed by atoms with Gasteiger partial charge in [-0.25, -0.2) is 0 Å². The highest BCUT2D eigenvalue weighted by Crippen LogP contribution is 2.29. The molecule has 2 nitrogen and oxygen atoms in total. The van der Waals surface area contributed by atoms with Gasteiger partial charge in [-0.05, 0) is 47.5 Å². The van der Waals surface area contributed by atoms with Gasteiger partial charge in [-0.3, -0.25) is 0 Å². The maximum absolute atomic E-state index is 9.74. The molecule has 0 aliphatic carbocycles. The van der Waals surface area contributed by atoms with Crippen molar-refractivity contribution in [2.45, 2.75) is 6.42 Å². The topological polar surface area (TPSA) is 40.5 Å². The first-order valence-corrected chi connectivity index (χ1v) is 6.59. The average Bonchev–Trinajstić information content (AvgIpc) is 2.28. The number of halogens is 2. The standard InChI is InChI=1S/C13H10Br2O2/c14-10-1-3-12(16)8(6-10)5-9-7-11(15)2-4-13(9)17/h1-4,6-7,16-17H,5H2. The Morgan fingerprint density at radius 3 is 1.59 bits per heavy atom. The summed E-state index contributed by atoms with van der Waals surface area (Å²) in [4.78, 5) is 0. The Morgan fingerprint density at radius 2 is 1.18 bits per heavy atom. The fraction of sp³-hybridized carbons (Fsp3) is 0.0769. The summed E-state index contributed by atoms with van der Waals surface area (Å²) in [5.41, 5.74) is 1.54. The molecule has 0 aliphatic heterocycles. The van der Waals surface area contributed by atoms with Gasteiger partial charge in [0.2, 0.25) is 0 Å². The Balaban J connectivity index is 2.37. The molecule has 0 saturated carbocycles. The normalized spacial score (nSPS) is 10.5. The van der Waals surface area contributed by atoms with E-state index in [1.165, 1.54) is 0 Å². The third-order valence-electron chi connectivity index (χ3n) is 2.46. The first kappa shape index (κ1) is 12.5. The quantitative estimate of drug-likeness (QED) is 0.845. The second kappa shape index (κ2) is 5.10. The molecule has 2 N–H and O–H groups in total. The molecule has 0 saturated heterocycles. The van der Waals surface area contributed by atoms with Crippen LogP contribution in [0.15, 0.2) is 45.3 Å². The minimum Gasteiger partial charge on any atom is -0.508 e. The van der Waals surface area contributed by atoms with Gasteiger partial charge >= 0.3 is 0 Å². The lowest BCUT2D eigenvalue weighted by atomic mass is 10.0. The van der Waals surface area contributed by atoms with Crippen LogP contribution < -0.4 is 0 Å². The first-order chi connectivity index (χ1) is 8.06. The van der Waals surface area contributed by atoms with E-state index in [4.69, 9.17) is 0 Å². The Kier molecular flexibility index (Phi) is 3.74. The van der Waals surface area contributed by atoms with Crippen molar-refractivity contribution in [1.82, 2.24) is 0 Å². The fourth-order valence-electron chi connectivity index (χ4n) is 1.60. The summed E-state index contributed by atoms with van der Waals surface area (Å²) in [6.07, 6.45) is 0.483. The maximum Gasteiger partial charge on any atom is 0.119 e. The van der Waals surface area contributed by atoms with Gasteiger partial charge in [-0.15, -0.1) is 0 Å². The minimum absolute atomic E-state index is 0.229. The van der Waals surface area contributed by atoms with Gasteiger partial charge in [-0.1, -0.05) is 31.9 Å². The Bertz CT molecular complexity index is 504. The highest BCUT2D eigenvalue weighted by molar-refractivity contribution is 9.10. The highest BCUT2D eigenvalue weighted by atomic mass is 79.9. The van der Waals surface area contributed by atoms with Gasteiger partial charge in [0.1, 0.15) is 11.5 Å². The number of rotatable bonds is 2. The molecule has 17 heavy (non-hydrogen) atoms. The predicted molar refractivity (Wildman–Crippen MR) is 74.4 cm³/mol. The van der Waals surface area contributed by atoms with Gasteiger partial charge in [0, 0.05) is 15.4 Å². The van der Waals surface area contributed by atoms with Crippen LogP contribution in [0.25, 0.3) is 0 Å². The lowest BCUT2D eigenvalue weighted by molar-refractivity contribution is 0.463. The van der Waals surface area contributed by atoms with Crippen molar-refractivity contribution in [1.29, 1.82) is 0 Å². The van der Waals surface area contributed by atoms with Crippen molar-refractivity contribution < 1.29 is 10.2 Å². The number of aromatic hydroxyl groups is 2. The summed E-state index contributed by atoms with van der Waals surface area (Å²) in [5.74, 6) is 0.458. The molecule has 4 heteroatoms. The maximum atomic E-state index is 9.74. The number of hydrogen-bond donors (Lipinski definition) is 2. The lowest BCUT2D eigenvalue weighted by Crippen LogP contribution is -1.90. The SMILES string of the molecule is Oc1ccc(Br)cc1Cc1cc(Br)ccc1O. The van der Waals surface area contributed by atoms with Gasteiger partial charge in [0.05, 0.1) is 0 Å². The van der Waals surface area contributed by atoms with Crippen LogP contribution in [0.4, 0.5) is 0 Å². The van der Waals surface area contributed by atoms with Gasteiger partial charge < -0.3 is 10.2 Å². The van der Waals surface area contributed by atoms with Crippen molar-refractivity contribution >= 4 is 31.9 Å². The molecule has 2 aromatic rings. The zero-order valence-corrected chi connectivity index (χ0v) is 12.0. The summed E-state index contributed by atoms with van der Waals surface area (Å²) in [6, 6.07) is 10.5. The van der Waals surface area contributed by atoms with Crippen molar-refractivity contribution in [2.75, 3.05) is 0 Å². The van der Waals surface area contributed by atoms with Crippen LogP contribution >= 0.6 is 31.9 Å². The molecular weight excluding hydrogens is 348 g/mol. The molecule has 88 valence electrons.